The van der Waals surface area contributed by atoms with Gasteiger partial charge in [-0.3, -0.25) is 14.5 Å². The van der Waals surface area contributed by atoms with Crippen LogP contribution in [0.5, 0.6) is 0 Å². The Morgan fingerprint density at radius 3 is 2.33 bits per heavy atom. The molecule has 1 saturated heterocycles. The number of nitrogens with one attached hydrogen (secondary N) is 1. The van der Waals surface area contributed by atoms with Gasteiger partial charge in [0.25, 0.3) is 11.8 Å². The normalized spacial score (nSPS) is 18.2. The zero-order valence-corrected chi connectivity index (χ0v) is 25.0. The van der Waals surface area contributed by atoms with Crippen molar-refractivity contribution in [3.8, 4) is 0 Å². The number of hydrogen-bond acceptors (Lipinski definition) is 10. The van der Waals surface area contributed by atoms with Gasteiger partial charge in [0.15, 0.2) is 16.9 Å². The van der Waals surface area contributed by atoms with Crippen molar-refractivity contribution >= 4 is 74.9 Å². The maximum Gasteiger partial charge on any atom is 0.356 e. The minimum Gasteiger partial charge on any atom is -0.448 e. The molecule has 14 heteroatoms. The van der Waals surface area contributed by atoms with Crippen LogP contribution >= 0.6 is 46.3 Å². The number of halogens is 2. The van der Waals surface area contributed by atoms with Crippen molar-refractivity contribution in [2.75, 3.05) is 18.6 Å². The summed E-state index contributed by atoms with van der Waals surface area (Å²) >= 11 is 14.4. The maximum atomic E-state index is 13.9. The highest BCUT2D eigenvalue weighted by atomic mass is 35.5. The van der Waals surface area contributed by atoms with Crippen molar-refractivity contribution in [3.05, 3.63) is 105 Å². The summed E-state index contributed by atoms with van der Waals surface area (Å²) in [5.41, 5.74) is 7.69. The first-order valence-corrected chi connectivity index (χ1v) is 15.1. The molecule has 10 nitrogen and oxygen atoms in total. The van der Waals surface area contributed by atoms with Crippen molar-refractivity contribution in [1.29, 1.82) is 0 Å². The molecule has 216 valence electrons. The van der Waals surface area contributed by atoms with Gasteiger partial charge < -0.3 is 20.6 Å². The Bertz CT molecular complexity index is 1550. The van der Waals surface area contributed by atoms with Gasteiger partial charge in [-0.1, -0.05) is 89.0 Å². The van der Waals surface area contributed by atoms with Gasteiger partial charge in [-0.15, -0.1) is 23.1 Å². The monoisotopic (exact) mass is 643 g/mol. The number of ether oxygens (including phenoxy) is 1. The number of esters is 1. The molecule has 0 bridgehead atoms. The first-order valence-electron chi connectivity index (χ1n) is 12.4. The van der Waals surface area contributed by atoms with Crippen LogP contribution in [0, 0.1) is 0 Å². The lowest BCUT2D eigenvalue weighted by Gasteiger charge is -2.49. The number of nitrogen functional groups attached to an aromatic ring is 1. The molecule has 3 heterocycles. The largest absolute Gasteiger partial charge is 0.448 e. The Balaban J connectivity index is 1.42. The molecule has 2 aromatic carbocycles. The van der Waals surface area contributed by atoms with Crippen molar-refractivity contribution in [1.82, 2.24) is 15.2 Å². The molecule has 0 aliphatic carbocycles. The molecule has 0 spiro atoms. The summed E-state index contributed by atoms with van der Waals surface area (Å²) in [4.78, 5) is 50.7. The van der Waals surface area contributed by atoms with Gasteiger partial charge in [0.05, 0.1) is 0 Å². The highest BCUT2D eigenvalue weighted by Crippen LogP contribution is 2.42. The highest BCUT2D eigenvalue weighted by molar-refractivity contribution is 8.00. The van der Waals surface area contributed by atoms with Crippen molar-refractivity contribution in [2.45, 2.75) is 17.5 Å². The molecule has 2 atom stereocenters. The van der Waals surface area contributed by atoms with Crippen LogP contribution in [0.2, 0.25) is 0 Å². The third kappa shape index (κ3) is 6.16. The van der Waals surface area contributed by atoms with Crippen LogP contribution < -0.4 is 11.1 Å². The lowest BCUT2D eigenvalue weighted by molar-refractivity contribution is -0.154. The van der Waals surface area contributed by atoms with Crippen LogP contribution in [-0.2, 0) is 24.0 Å². The van der Waals surface area contributed by atoms with Crippen LogP contribution in [0.1, 0.15) is 22.9 Å². The third-order valence-corrected chi connectivity index (χ3v) is 8.55. The zero-order chi connectivity index (χ0) is 29.8. The maximum absolute atomic E-state index is 13.9. The summed E-state index contributed by atoms with van der Waals surface area (Å²) in [6.07, 6.45) is 0.667. The number of anilines is 1. The average molecular weight is 645 g/mol. The number of thiazole rings is 1. The van der Waals surface area contributed by atoms with Crippen molar-refractivity contribution in [2.24, 2.45) is 5.16 Å². The lowest BCUT2D eigenvalue weighted by atomic mass is 10.0. The van der Waals surface area contributed by atoms with E-state index in [9.17, 15) is 14.4 Å². The molecule has 1 fully saturated rings. The number of fused-ring (bicyclic) bond motifs is 1. The minimum absolute atomic E-state index is 0.00275. The number of rotatable bonds is 9. The number of benzene rings is 2. The molecular formula is C28H23Cl2N5O5S2. The van der Waals surface area contributed by atoms with Crippen LogP contribution in [0.4, 0.5) is 5.13 Å². The summed E-state index contributed by atoms with van der Waals surface area (Å²) in [5, 5.41) is 7.64. The SMILES string of the molecule is CON=C(C(=O)NC1C(=O)N2C(C(=O)OC(c3ccccc3)c3ccccc3)=C(C=C(Cl)Cl)CS[C@H]12)c1csc(N)n1. The molecule has 0 radical (unpaired) electrons. The number of oxime groups is 1. The smallest absolute Gasteiger partial charge is 0.356 e. The van der Waals surface area contributed by atoms with Gasteiger partial charge in [-0.05, 0) is 22.8 Å². The van der Waals surface area contributed by atoms with Crippen LogP contribution in [-0.4, -0.2) is 57.7 Å². The summed E-state index contributed by atoms with van der Waals surface area (Å²) < 4.78 is 5.98. The minimum atomic E-state index is -0.959. The van der Waals surface area contributed by atoms with Crippen LogP contribution in [0.25, 0.3) is 0 Å². The number of β-lactam (4-membered cyclic amide) rings is 1. The molecule has 2 aliphatic heterocycles. The first kappa shape index (κ1) is 29.6. The number of thioether (sulfide) groups is 1. The Labute approximate surface area is 259 Å². The molecule has 3 aromatic rings. The Hall–Kier alpha value is -3.84. The Kier molecular flexibility index (Phi) is 9.17. The van der Waals surface area contributed by atoms with E-state index in [1.165, 1.54) is 29.8 Å². The van der Waals surface area contributed by atoms with Crippen molar-refractivity contribution in [3.63, 3.8) is 0 Å². The molecule has 1 unspecified atom stereocenters. The van der Waals surface area contributed by atoms with E-state index in [1.54, 1.807) is 5.38 Å². The van der Waals surface area contributed by atoms with E-state index >= 15 is 0 Å². The average Bonchev–Trinajstić information content (AvgIpc) is 3.43. The Morgan fingerprint density at radius 1 is 1.14 bits per heavy atom. The van der Waals surface area contributed by atoms with E-state index in [1.807, 2.05) is 60.7 Å². The van der Waals surface area contributed by atoms with Gasteiger partial charge in [0.1, 0.15) is 34.4 Å². The van der Waals surface area contributed by atoms with Gasteiger partial charge in [-0.2, -0.15) is 0 Å². The summed E-state index contributed by atoms with van der Waals surface area (Å²) in [7, 11) is 1.29. The predicted octanol–water partition coefficient (Wildman–Crippen LogP) is 4.38. The van der Waals surface area contributed by atoms with Gasteiger partial charge >= 0.3 is 5.97 Å². The number of carbonyl (C=O) groups is 3. The summed E-state index contributed by atoms with van der Waals surface area (Å²) in [5.74, 6) is -1.67. The first-order chi connectivity index (χ1) is 20.3. The van der Waals surface area contributed by atoms with Gasteiger partial charge in [-0.25, -0.2) is 9.78 Å². The van der Waals surface area contributed by atoms with E-state index in [4.69, 9.17) is 38.5 Å². The second-order valence-corrected chi connectivity index (χ2v) is 12.0. The molecule has 0 saturated carbocycles. The van der Waals surface area contributed by atoms with E-state index in [2.05, 4.69) is 15.5 Å². The van der Waals surface area contributed by atoms with E-state index < -0.39 is 35.3 Å². The van der Waals surface area contributed by atoms with E-state index in [0.29, 0.717) is 5.57 Å². The molecule has 42 heavy (non-hydrogen) atoms. The topological polar surface area (TPSA) is 136 Å². The fourth-order valence-corrected chi connectivity index (χ4v) is 6.64. The molecule has 2 amide bonds. The summed E-state index contributed by atoms with van der Waals surface area (Å²) in [6, 6.07) is 17.6. The fraction of sp³-hybridized carbons (Fsp3) is 0.179. The Morgan fingerprint density at radius 2 is 1.79 bits per heavy atom. The van der Waals surface area contributed by atoms with Gasteiger partial charge in [0.2, 0.25) is 0 Å². The lowest BCUT2D eigenvalue weighted by Crippen LogP contribution is -2.71. The fourth-order valence-electron chi connectivity index (χ4n) is 4.52. The molecular weight excluding hydrogens is 621 g/mol. The summed E-state index contributed by atoms with van der Waals surface area (Å²) in [6.45, 7) is 0. The standard InChI is InChI=1S/C28H23Cl2N5O5S2/c1-39-34-20(18-14-42-28(31)32-18)24(36)33-21-25(37)35-22(17(12-19(29)30)13-41-26(21)35)27(38)40-23(15-8-4-2-5-9-15)16-10-6-3-7-11-16/h2-12,14,21,23,26H,13H2,1H3,(H2,31,32)(H,33,36)/t21?,26-/m1/s1. The number of allylic oxidation sites excluding steroid dienone is 1. The zero-order valence-electron chi connectivity index (χ0n) is 21.9. The third-order valence-electron chi connectivity index (χ3n) is 6.35. The second kappa shape index (κ2) is 13.0. The highest BCUT2D eigenvalue weighted by Gasteiger charge is 2.54. The number of hydrogen-bond donors (Lipinski definition) is 2. The second-order valence-electron chi connectivity index (χ2n) is 8.97. The molecule has 3 N–H and O–H groups in total. The molecule has 1 aromatic heterocycles. The molecule has 2 aliphatic rings. The number of nitrogens with two attached hydrogens (primary N) is 1. The number of carbonyl (C=O) groups excluding carboxylic acids is 3. The van der Waals surface area contributed by atoms with E-state index in [-0.39, 0.29) is 32.5 Å². The van der Waals surface area contributed by atoms with Crippen LogP contribution in [0.3, 0.4) is 0 Å². The number of aromatic nitrogens is 1. The number of amides is 2. The quantitative estimate of drug-likeness (QED) is 0.152. The van der Waals surface area contributed by atoms with Crippen molar-refractivity contribution < 1.29 is 24.0 Å². The van der Waals surface area contributed by atoms with E-state index in [0.717, 1.165) is 22.5 Å². The molecule has 5 rings (SSSR count). The predicted molar refractivity (Wildman–Crippen MR) is 163 cm³/mol. The van der Waals surface area contributed by atoms with Gasteiger partial charge in [0, 0.05) is 11.1 Å². The van der Waals surface area contributed by atoms with Crippen LogP contribution in [0.15, 0.2) is 93.0 Å². The number of nitrogens with zero attached hydrogens (tertiary/aromatic N) is 3.